The number of amides is 1. The second-order valence-electron chi connectivity index (χ2n) is 7.10. The molecule has 6 heteroatoms. The number of fused-ring (bicyclic) bond motifs is 1. The Morgan fingerprint density at radius 1 is 1.19 bits per heavy atom. The largest absolute Gasteiger partial charge is 0.382 e. The summed E-state index contributed by atoms with van der Waals surface area (Å²) >= 11 is 0. The van der Waals surface area contributed by atoms with Gasteiger partial charge in [-0.05, 0) is 30.9 Å². The van der Waals surface area contributed by atoms with Crippen LogP contribution >= 0.6 is 0 Å². The summed E-state index contributed by atoms with van der Waals surface area (Å²) in [5.41, 5.74) is 2.47. The Kier molecular flexibility index (Phi) is 5.04. The summed E-state index contributed by atoms with van der Waals surface area (Å²) < 4.78 is 7.32. The number of aliphatic hydroxyl groups is 1. The molecule has 1 saturated heterocycles. The van der Waals surface area contributed by atoms with Crippen LogP contribution in [0.25, 0.3) is 0 Å². The average Bonchev–Trinajstić information content (AvgIpc) is 2.99. The molecule has 3 heterocycles. The molecule has 1 amide bonds. The van der Waals surface area contributed by atoms with Crippen LogP contribution in [0.4, 0.5) is 0 Å². The van der Waals surface area contributed by atoms with Crippen molar-refractivity contribution in [3.05, 3.63) is 53.3 Å². The van der Waals surface area contributed by atoms with Crippen LogP contribution in [0, 0.1) is 5.92 Å². The highest BCUT2D eigenvalue weighted by molar-refractivity contribution is 5.79. The van der Waals surface area contributed by atoms with Gasteiger partial charge in [-0.2, -0.15) is 5.10 Å². The fraction of sp³-hybridized carbons (Fsp3) is 0.500. The molecule has 2 aliphatic heterocycles. The maximum Gasteiger partial charge on any atom is 0.226 e. The minimum atomic E-state index is -0.740. The minimum absolute atomic E-state index is 0.0765. The Morgan fingerprint density at radius 3 is 2.73 bits per heavy atom. The van der Waals surface area contributed by atoms with Crippen molar-refractivity contribution < 1.29 is 14.6 Å². The van der Waals surface area contributed by atoms with Crippen LogP contribution in [0.2, 0.25) is 0 Å². The monoisotopic (exact) mass is 355 g/mol. The number of carbonyl (C=O) groups excluding carboxylic acids is 1. The molecule has 4 rings (SSSR count). The first-order valence-electron chi connectivity index (χ1n) is 9.38. The number of benzene rings is 1. The van der Waals surface area contributed by atoms with Gasteiger partial charge in [-0.25, -0.2) is 0 Å². The molecule has 0 radical (unpaired) electrons. The summed E-state index contributed by atoms with van der Waals surface area (Å²) in [6, 6.07) is 11.5. The van der Waals surface area contributed by atoms with Gasteiger partial charge in [-0.1, -0.05) is 30.3 Å². The van der Waals surface area contributed by atoms with Crippen LogP contribution in [-0.4, -0.2) is 45.5 Å². The lowest BCUT2D eigenvalue weighted by Gasteiger charge is -2.28. The van der Waals surface area contributed by atoms with Crippen molar-refractivity contribution in [2.24, 2.45) is 5.92 Å². The molecule has 6 nitrogen and oxygen atoms in total. The molecule has 138 valence electrons. The molecule has 0 spiro atoms. The molecule has 2 aromatic rings. The van der Waals surface area contributed by atoms with Gasteiger partial charge in [0.2, 0.25) is 5.91 Å². The first-order valence-corrected chi connectivity index (χ1v) is 9.38. The number of ether oxygens (including phenoxy) is 1. The number of hydrogen-bond acceptors (Lipinski definition) is 4. The van der Waals surface area contributed by atoms with E-state index in [1.165, 1.54) is 0 Å². The number of hydrogen-bond donors (Lipinski definition) is 1. The highest BCUT2D eigenvalue weighted by atomic mass is 16.5. The molecule has 26 heavy (non-hydrogen) atoms. The lowest BCUT2D eigenvalue weighted by molar-refractivity contribution is -0.139. The maximum absolute atomic E-state index is 12.9. The molecule has 1 aromatic heterocycles. The van der Waals surface area contributed by atoms with Crippen LogP contribution in [0.15, 0.2) is 36.4 Å². The highest BCUT2D eigenvalue weighted by Gasteiger charge is 2.29. The third-order valence-electron chi connectivity index (χ3n) is 5.31. The number of aliphatic hydroxyl groups excluding tert-OH is 1. The normalized spacial score (nSPS) is 19.7. The van der Waals surface area contributed by atoms with Crippen molar-refractivity contribution in [1.82, 2.24) is 14.7 Å². The quantitative estimate of drug-likeness (QED) is 0.916. The van der Waals surface area contributed by atoms with E-state index in [4.69, 9.17) is 4.74 Å². The van der Waals surface area contributed by atoms with Gasteiger partial charge in [0.1, 0.15) is 6.10 Å². The predicted octanol–water partition coefficient (Wildman–Crippen LogP) is 2.12. The van der Waals surface area contributed by atoms with Gasteiger partial charge in [-0.15, -0.1) is 0 Å². The Morgan fingerprint density at radius 2 is 1.96 bits per heavy atom. The summed E-state index contributed by atoms with van der Waals surface area (Å²) in [6.07, 6.45) is 1.76. The van der Waals surface area contributed by atoms with Gasteiger partial charge < -0.3 is 14.7 Å². The van der Waals surface area contributed by atoms with Crippen LogP contribution in [0.5, 0.6) is 0 Å². The summed E-state index contributed by atoms with van der Waals surface area (Å²) in [5.74, 6) is 0.306. The van der Waals surface area contributed by atoms with E-state index in [0.29, 0.717) is 25.5 Å². The van der Waals surface area contributed by atoms with Crippen molar-refractivity contribution in [2.75, 3.05) is 19.8 Å². The van der Waals surface area contributed by atoms with Gasteiger partial charge in [-0.3, -0.25) is 9.48 Å². The van der Waals surface area contributed by atoms with E-state index in [9.17, 15) is 9.90 Å². The summed E-state index contributed by atoms with van der Waals surface area (Å²) in [4.78, 5) is 14.8. The van der Waals surface area contributed by atoms with E-state index in [-0.39, 0.29) is 11.8 Å². The van der Waals surface area contributed by atoms with Crippen molar-refractivity contribution in [1.29, 1.82) is 0 Å². The molecule has 0 aliphatic carbocycles. The molecular weight excluding hydrogens is 330 g/mol. The lowest BCUT2D eigenvalue weighted by atomic mass is 9.98. The van der Waals surface area contributed by atoms with E-state index < -0.39 is 6.10 Å². The van der Waals surface area contributed by atoms with Crippen molar-refractivity contribution in [3.63, 3.8) is 0 Å². The third-order valence-corrected chi connectivity index (χ3v) is 5.31. The second-order valence-corrected chi connectivity index (χ2v) is 7.10. The smallest absolute Gasteiger partial charge is 0.226 e. The van der Waals surface area contributed by atoms with Crippen LogP contribution in [0.3, 0.4) is 0 Å². The summed E-state index contributed by atoms with van der Waals surface area (Å²) in [5, 5.41) is 15.2. The van der Waals surface area contributed by atoms with E-state index in [1.807, 2.05) is 46.0 Å². The fourth-order valence-electron chi connectivity index (χ4n) is 3.82. The van der Waals surface area contributed by atoms with E-state index in [0.717, 1.165) is 43.6 Å². The zero-order valence-electron chi connectivity index (χ0n) is 14.9. The van der Waals surface area contributed by atoms with Crippen LogP contribution in [0.1, 0.15) is 42.3 Å². The predicted molar refractivity (Wildman–Crippen MR) is 96.3 cm³/mol. The van der Waals surface area contributed by atoms with Gasteiger partial charge in [0.25, 0.3) is 0 Å². The fourth-order valence-corrected chi connectivity index (χ4v) is 3.82. The average molecular weight is 355 g/mol. The first-order chi connectivity index (χ1) is 12.7. The summed E-state index contributed by atoms with van der Waals surface area (Å²) in [7, 11) is 0. The summed E-state index contributed by atoms with van der Waals surface area (Å²) in [6.45, 7) is 3.44. The Labute approximate surface area is 153 Å². The minimum Gasteiger partial charge on any atom is -0.382 e. The SMILES string of the molecule is O=C(C1CCOCC1)N1CCCn2nc(C(O)c3ccccc3)cc2C1. The van der Waals surface area contributed by atoms with Gasteiger partial charge in [0, 0.05) is 32.2 Å². The molecule has 1 N–H and O–H groups in total. The number of aryl methyl sites for hydroxylation is 1. The number of rotatable bonds is 3. The zero-order valence-corrected chi connectivity index (χ0v) is 14.9. The van der Waals surface area contributed by atoms with Crippen molar-refractivity contribution in [3.8, 4) is 0 Å². The van der Waals surface area contributed by atoms with Gasteiger partial charge in [0.05, 0.1) is 17.9 Å². The van der Waals surface area contributed by atoms with Crippen LogP contribution in [-0.2, 0) is 22.6 Å². The zero-order chi connectivity index (χ0) is 17.9. The van der Waals surface area contributed by atoms with Gasteiger partial charge in [0.15, 0.2) is 0 Å². The Hall–Kier alpha value is -2.18. The first kappa shape index (κ1) is 17.2. The standard InChI is InChI=1S/C20H25N3O3/c24-19(15-5-2-1-3-6-15)18-13-17-14-22(9-4-10-23(17)21-18)20(25)16-7-11-26-12-8-16/h1-3,5-6,13,16,19,24H,4,7-12,14H2. The molecule has 2 aliphatic rings. The van der Waals surface area contributed by atoms with Crippen LogP contribution < -0.4 is 0 Å². The van der Waals surface area contributed by atoms with Gasteiger partial charge >= 0.3 is 0 Å². The van der Waals surface area contributed by atoms with E-state index >= 15 is 0 Å². The molecule has 1 aromatic carbocycles. The molecule has 0 bridgehead atoms. The lowest BCUT2D eigenvalue weighted by Crippen LogP contribution is -2.38. The Balaban J connectivity index is 1.51. The molecule has 1 unspecified atom stereocenters. The second kappa shape index (κ2) is 7.60. The van der Waals surface area contributed by atoms with Crippen molar-refractivity contribution >= 4 is 5.91 Å². The number of nitrogens with zero attached hydrogens (tertiary/aromatic N) is 3. The number of aromatic nitrogens is 2. The van der Waals surface area contributed by atoms with E-state index in [1.54, 1.807) is 0 Å². The molecule has 0 saturated carbocycles. The highest BCUT2D eigenvalue weighted by Crippen LogP contribution is 2.25. The Bertz CT molecular complexity index is 753. The molecule has 1 fully saturated rings. The molecular formula is C20H25N3O3. The molecule has 1 atom stereocenters. The number of carbonyl (C=O) groups is 1. The maximum atomic E-state index is 12.9. The topological polar surface area (TPSA) is 67.6 Å². The van der Waals surface area contributed by atoms with E-state index in [2.05, 4.69) is 5.10 Å². The van der Waals surface area contributed by atoms with Crippen molar-refractivity contribution in [2.45, 2.75) is 38.5 Å². The third kappa shape index (κ3) is 3.52.